The average Bonchev–Trinajstić information content (AvgIpc) is 3.15. The van der Waals surface area contributed by atoms with Crippen molar-refractivity contribution in [3.05, 3.63) is 62.4 Å². The lowest BCUT2D eigenvalue weighted by Crippen LogP contribution is -2.14. The molecular weight excluding hydrogens is 413 g/mol. The fourth-order valence-electron chi connectivity index (χ4n) is 3.33. The molecule has 0 spiro atoms. The van der Waals surface area contributed by atoms with E-state index in [2.05, 4.69) is 47.0 Å². The molecule has 0 atom stereocenters. The number of nitrogens with one attached hydrogen (secondary N) is 1. The summed E-state index contributed by atoms with van der Waals surface area (Å²) in [5.41, 5.74) is 6.69. The van der Waals surface area contributed by atoms with E-state index < -0.39 is 0 Å². The Hall–Kier alpha value is -1.82. The van der Waals surface area contributed by atoms with Gasteiger partial charge in [-0.3, -0.25) is 4.79 Å². The van der Waals surface area contributed by atoms with Crippen LogP contribution in [0.4, 0.5) is 5.69 Å². The van der Waals surface area contributed by atoms with Gasteiger partial charge in [-0.15, -0.1) is 0 Å². The minimum absolute atomic E-state index is 0.0159. The molecule has 24 heavy (non-hydrogen) atoms. The summed E-state index contributed by atoms with van der Waals surface area (Å²) in [7, 11) is 0. The van der Waals surface area contributed by atoms with E-state index in [0.717, 1.165) is 38.6 Å². The lowest BCUT2D eigenvalue weighted by atomic mass is 10.0. The second kappa shape index (κ2) is 6.24. The molecule has 0 saturated carbocycles. The first-order valence-corrected chi connectivity index (χ1v) is 9.26. The van der Waals surface area contributed by atoms with Gasteiger partial charge in [0.2, 0.25) is 5.91 Å². The van der Waals surface area contributed by atoms with Gasteiger partial charge in [-0.2, -0.15) is 0 Å². The monoisotopic (exact) mass is 431 g/mol. The smallest absolute Gasteiger partial charge is 0.228 e. The number of fused-ring (bicyclic) bond motifs is 2. The molecule has 3 aromatic rings. The van der Waals surface area contributed by atoms with Gasteiger partial charge in [0.05, 0.1) is 12.7 Å². The molecule has 0 radical (unpaired) electrons. The molecular formula is C20H18INO2. The van der Waals surface area contributed by atoms with E-state index in [0.29, 0.717) is 6.42 Å². The molecule has 4 heteroatoms. The summed E-state index contributed by atoms with van der Waals surface area (Å²) in [4.78, 5) is 12.4. The molecule has 0 unspecified atom stereocenters. The highest BCUT2D eigenvalue weighted by atomic mass is 127. The largest absolute Gasteiger partial charge is 0.464 e. The van der Waals surface area contributed by atoms with Crippen molar-refractivity contribution in [1.82, 2.24) is 0 Å². The highest BCUT2D eigenvalue weighted by Gasteiger charge is 2.16. The second-order valence-electron chi connectivity index (χ2n) is 6.42. The molecule has 0 bridgehead atoms. The van der Waals surface area contributed by atoms with Crippen molar-refractivity contribution in [3.63, 3.8) is 0 Å². The molecule has 3 nitrogen and oxygen atoms in total. The Morgan fingerprint density at radius 1 is 1.21 bits per heavy atom. The number of anilines is 1. The predicted molar refractivity (Wildman–Crippen MR) is 104 cm³/mol. The Morgan fingerprint density at radius 2 is 2.00 bits per heavy atom. The third-order valence-electron chi connectivity index (χ3n) is 4.67. The average molecular weight is 431 g/mol. The predicted octanol–water partition coefficient (Wildman–Crippen LogP) is 5.02. The van der Waals surface area contributed by atoms with Crippen molar-refractivity contribution in [3.8, 4) is 0 Å². The highest BCUT2D eigenvalue weighted by Crippen LogP contribution is 2.30. The lowest BCUT2D eigenvalue weighted by molar-refractivity contribution is -0.115. The number of hydrogen-bond donors (Lipinski definition) is 1. The maximum atomic E-state index is 12.4. The van der Waals surface area contributed by atoms with Crippen LogP contribution in [0.15, 0.2) is 41.0 Å². The van der Waals surface area contributed by atoms with Crippen molar-refractivity contribution in [2.24, 2.45) is 0 Å². The number of furan rings is 1. The van der Waals surface area contributed by atoms with E-state index in [9.17, 15) is 4.79 Å². The molecule has 2 aromatic carbocycles. The van der Waals surface area contributed by atoms with Gasteiger partial charge in [0.25, 0.3) is 0 Å². The highest BCUT2D eigenvalue weighted by molar-refractivity contribution is 14.1. The van der Waals surface area contributed by atoms with Gasteiger partial charge >= 0.3 is 0 Å². The van der Waals surface area contributed by atoms with Gasteiger partial charge in [0.1, 0.15) is 5.58 Å². The summed E-state index contributed by atoms with van der Waals surface area (Å²) in [5.74, 6) is -0.0159. The Morgan fingerprint density at radius 3 is 2.79 bits per heavy atom. The number of amides is 1. The van der Waals surface area contributed by atoms with Crippen LogP contribution in [0.2, 0.25) is 0 Å². The summed E-state index contributed by atoms with van der Waals surface area (Å²) in [6.45, 7) is 2.06. The van der Waals surface area contributed by atoms with Crippen molar-refractivity contribution in [2.45, 2.75) is 32.6 Å². The standard InChI is InChI=1S/C20H18INO2/c1-12-5-6-16(10-18(12)21)22-20(23)9-15-11-24-19-8-14-4-2-3-13(14)7-17(15)19/h5-8,10-11H,2-4,9H2,1H3,(H,22,23). The Bertz CT molecular complexity index is 942. The Balaban J connectivity index is 1.55. The van der Waals surface area contributed by atoms with Crippen LogP contribution in [0, 0.1) is 10.5 Å². The van der Waals surface area contributed by atoms with E-state index in [4.69, 9.17) is 4.42 Å². The maximum absolute atomic E-state index is 12.4. The molecule has 1 N–H and O–H groups in total. The van der Waals surface area contributed by atoms with Crippen LogP contribution in [0.25, 0.3) is 11.0 Å². The van der Waals surface area contributed by atoms with Crippen LogP contribution in [-0.2, 0) is 24.1 Å². The number of halogens is 1. The molecule has 1 aliphatic carbocycles. The number of benzene rings is 2. The third kappa shape index (κ3) is 2.95. The molecule has 0 saturated heterocycles. The Labute approximate surface area is 154 Å². The zero-order valence-electron chi connectivity index (χ0n) is 13.5. The minimum atomic E-state index is -0.0159. The first-order chi connectivity index (χ1) is 11.6. The van der Waals surface area contributed by atoms with Crippen molar-refractivity contribution in [1.29, 1.82) is 0 Å². The number of aryl methyl sites for hydroxylation is 3. The molecule has 1 aliphatic rings. The summed E-state index contributed by atoms with van der Waals surface area (Å²) in [6.07, 6.45) is 5.52. The molecule has 1 heterocycles. The van der Waals surface area contributed by atoms with Gasteiger partial charge in [-0.1, -0.05) is 6.07 Å². The summed E-state index contributed by atoms with van der Waals surface area (Å²) in [6, 6.07) is 10.3. The molecule has 1 aromatic heterocycles. The van der Waals surface area contributed by atoms with Crippen LogP contribution in [0.1, 0.15) is 28.7 Å². The molecule has 1 amide bonds. The summed E-state index contributed by atoms with van der Waals surface area (Å²) >= 11 is 2.28. The summed E-state index contributed by atoms with van der Waals surface area (Å²) in [5, 5.41) is 4.05. The van der Waals surface area contributed by atoms with Gasteiger partial charge in [-0.25, -0.2) is 0 Å². The van der Waals surface area contributed by atoms with E-state index in [1.165, 1.54) is 23.1 Å². The van der Waals surface area contributed by atoms with Crippen LogP contribution in [0.5, 0.6) is 0 Å². The van der Waals surface area contributed by atoms with Gasteiger partial charge in [-0.05, 0) is 89.7 Å². The first kappa shape index (κ1) is 15.7. The molecule has 122 valence electrons. The zero-order chi connectivity index (χ0) is 16.7. The van der Waals surface area contributed by atoms with E-state index in [-0.39, 0.29) is 5.91 Å². The molecule has 0 fully saturated rings. The van der Waals surface area contributed by atoms with Gasteiger partial charge in [0.15, 0.2) is 0 Å². The van der Waals surface area contributed by atoms with Crippen LogP contribution in [0.3, 0.4) is 0 Å². The number of carbonyl (C=O) groups is 1. The van der Waals surface area contributed by atoms with Gasteiger partial charge in [0, 0.05) is 20.2 Å². The fraction of sp³-hybridized carbons (Fsp3) is 0.250. The molecule has 4 rings (SSSR count). The first-order valence-electron chi connectivity index (χ1n) is 8.18. The normalized spacial score (nSPS) is 13.2. The quantitative estimate of drug-likeness (QED) is 0.593. The van der Waals surface area contributed by atoms with Crippen LogP contribution < -0.4 is 5.32 Å². The third-order valence-corrected chi connectivity index (χ3v) is 5.84. The van der Waals surface area contributed by atoms with Crippen molar-refractivity contribution < 1.29 is 9.21 Å². The van der Waals surface area contributed by atoms with Gasteiger partial charge < -0.3 is 9.73 Å². The number of rotatable bonds is 3. The van der Waals surface area contributed by atoms with Crippen LogP contribution >= 0.6 is 22.6 Å². The number of hydrogen-bond acceptors (Lipinski definition) is 2. The van der Waals surface area contributed by atoms with Crippen molar-refractivity contribution >= 4 is 45.2 Å². The number of carbonyl (C=O) groups excluding carboxylic acids is 1. The fourth-order valence-corrected chi connectivity index (χ4v) is 3.85. The minimum Gasteiger partial charge on any atom is -0.464 e. The lowest BCUT2D eigenvalue weighted by Gasteiger charge is -2.07. The molecule has 0 aliphatic heterocycles. The zero-order valence-corrected chi connectivity index (χ0v) is 15.6. The second-order valence-corrected chi connectivity index (χ2v) is 7.58. The summed E-state index contributed by atoms with van der Waals surface area (Å²) < 4.78 is 6.83. The SMILES string of the molecule is Cc1ccc(NC(=O)Cc2coc3cc4c(cc23)CCC4)cc1I. The van der Waals surface area contributed by atoms with E-state index >= 15 is 0 Å². The van der Waals surface area contributed by atoms with E-state index in [1.807, 2.05) is 18.2 Å². The van der Waals surface area contributed by atoms with Crippen LogP contribution in [-0.4, -0.2) is 5.91 Å². The maximum Gasteiger partial charge on any atom is 0.228 e. The van der Waals surface area contributed by atoms with Crippen molar-refractivity contribution in [2.75, 3.05) is 5.32 Å². The van der Waals surface area contributed by atoms with E-state index in [1.54, 1.807) is 6.26 Å². The Kier molecular flexibility index (Phi) is 4.08. The topological polar surface area (TPSA) is 42.2 Å².